The maximum absolute atomic E-state index is 6.20. The van der Waals surface area contributed by atoms with E-state index in [1.807, 2.05) is 77.5 Å². The van der Waals surface area contributed by atoms with Crippen LogP contribution < -0.4 is 0 Å². The Kier molecular flexibility index (Phi) is 3.56. The number of hydrogen-bond donors (Lipinski definition) is 0. The van der Waals surface area contributed by atoms with Crippen molar-refractivity contribution in [3.63, 3.8) is 0 Å². The fourth-order valence-electron chi connectivity index (χ4n) is 2.68. The Labute approximate surface area is 143 Å². The lowest BCUT2D eigenvalue weighted by Crippen LogP contribution is -1.95. The standard InChI is InChI=1S/C19H12Cl2N2/c20-14-8-6-13(7-9-14)19-17-11-10-15(21)12-18(17)23(22-19)16-4-2-1-3-5-16/h1-12H. The number of hydrogen-bond acceptors (Lipinski definition) is 1. The van der Waals surface area contributed by atoms with Gasteiger partial charge in [0.1, 0.15) is 5.69 Å². The second-order valence-electron chi connectivity index (χ2n) is 5.26. The van der Waals surface area contributed by atoms with E-state index in [1.54, 1.807) is 0 Å². The molecule has 0 aliphatic carbocycles. The summed E-state index contributed by atoms with van der Waals surface area (Å²) in [5.74, 6) is 0. The van der Waals surface area contributed by atoms with E-state index in [4.69, 9.17) is 28.3 Å². The second-order valence-corrected chi connectivity index (χ2v) is 6.14. The van der Waals surface area contributed by atoms with Crippen LogP contribution in [-0.2, 0) is 0 Å². The van der Waals surface area contributed by atoms with Crippen LogP contribution in [0.15, 0.2) is 72.8 Å². The van der Waals surface area contributed by atoms with Crippen LogP contribution in [0.1, 0.15) is 0 Å². The highest BCUT2D eigenvalue weighted by atomic mass is 35.5. The normalized spacial score (nSPS) is 11.0. The van der Waals surface area contributed by atoms with Gasteiger partial charge < -0.3 is 0 Å². The van der Waals surface area contributed by atoms with Gasteiger partial charge in [-0.1, -0.05) is 53.5 Å². The third-order valence-electron chi connectivity index (χ3n) is 3.76. The van der Waals surface area contributed by atoms with E-state index in [9.17, 15) is 0 Å². The number of rotatable bonds is 2. The first-order valence-electron chi connectivity index (χ1n) is 7.22. The molecule has 0 saturated heterocycles. The van der Waals surface area contributed by atoms with Crippen LogP contribution in [0.5, 0.6) is 0 Å². The molecule has 0 saturated carbocycles. The average Bonchev–Trinajstić information content (AvgIpc) is 2.95. The van der Waals surface area contributed by atoms with Gasteiger partial charge in [0, 0.05) is 21.0 Å². The van der Waals surface area contributed by atoms with Gasteiger partial charge in [-0.25, -0.2) is 4.68 Å². The molecular weight excluding hydrogens is 327 g/mol. The van der Waals surface area contributed by atoms with E-state index >= 15 is 0 Å². The molecule has 0 aliphatic rings. The maximum atomic E-state index is 6.20. The van der Waals surface area contributed by atoms with Crippen molar-refractivity contribution in [2.45, 2.75) is 0 Å². The average molecular weight is 339 g/mol. The predicted molar refractivity (Wildman–Crippen MR) is 96.5 cm³/mol. The first-order chi connectivity index (χ1) is 11.2. The molecule has 0 aliphatic heterocycles. The van der Waals surface area contributed by atoms with Gasteiger partial charge in [-0.05, 0) is 42.5 Å². The van der Waals surface area contributed by atoms with E-state index < -0.39 is 0 Å². The Hall–Kier alpha value is -2.29. The smallest absolute Gasteiger partial charge is 0.101 e. The molecule has 112 valence electrons. The highest BCUT2D eigenvalue weighted by Gasteiger charge is 2.13. The largest absolute Gasteiger partial charge is 0.232 e. The third kappa shape index (κ3) is 2.61. The van der Waals surface area contributed by atoms with Gasteiger partial charge >= 0.3 is 0 Å². The summed E-state index contributed by atoms with van der Waals surface area (Å²) in [5, 5.41) is 7.28. The minimum Gasteiger partial charge on any atom is -0.232 e. The summed E-state index contributed by atoms with van der Waals surface area (Å²) < 4.78 is 1.92. The highest BCUT2D eigenvalue weighted by molar-refractivity contribution is 6.31. The Bertz CT molecular complexity index is 974. The van der Waals surface area contributed by atoms with E-state index in [2.05, 4.69) is 0 Å². The lowest BCUT2D eigenvalue weighted by molar-refractivity contribution is 0.915. The number of halogens is 2. The number of aromatic nitrogens is 2. The van der Waals surface area contributed by atoms with E-state index in [1.165, 1.54) is 0 Å². The fourth-order valence-corrected chi connectivity index (χ4v) is 2.97. The minimum atomic E-state index is 0.692. The van der Waals surface area contributed by atoms with Crippen LogP contribution in [0.2, 0.25) is 10.0 Å². The summed E-state index contributed by atoms with van der Waals surface area (Å²) in [5.41, 5.74) is 3.92. The molecule has 1 aromatic heterocycles. The number of benzene rings is 3. The van der Waals surface area contributed by atoms with Gasteiger partial charge in [0.15, 0.2) is 0 Å². The Morgan fingerprint density at radius 2 is 1.43 bits per heavy atom. The van der Waals surface area contributed by atoms with Crippen LogP contribution >= 0.6 is 23.2 Å². The van der Waals surface area contributed by atoms with E-state index in [0.717, 1.165) is 27.8 Å². The molecule has 4 rings (SSSR count). The van der Waals surface area contributed by atoms with Crippen LogP contribution in [0.25, 0.3) is 27.8 Å². The highest BCUT2D eigenvalue weighted by Crippen LogP contribution is 2.32. The summed E-state index contributed by atoms with van der Waals surface area (Å²) in [6.07, 6.45) is 0. The molecule has 0 N–H and O–H groups in total. The van der Waals surface area contributed by atoms with Crippen molar-refractivity contribution in [2.75, 3.05) is 0 Å². The zero-order valence-electron chi connectivity index (χ0n) is 12.1. The first kappa shape index (κ1) is 14.3. The summed E-state index contributed by atoms with van der Waals surface area (Å²) in [6, 6.07) is 23.6. The first-order valence-corrected chi connectivity index (χ1v) is 7.97. The molecule has 3 aromatic carbocycles. The fraction of sp³-hybridized carbons (Fsp3) is 0. The SMILES string of the molecule is Clc1ccc(-c2nn(-c3ccccc3)c3cc(Cl)ccc23)cc1. The number of para-hydroxylation sites is 1. The van der Waals surface area contributed by atoms with Crippen LogP contribution in [0.3, 0.4) is 0 Å². The topological polar surface area (TPSA) is 17.8 Å². The van der Waals surface area contributed by atoms with Gasteiger partial charge in [-0.3, -0.25) is 0 Å². The monoisotopic (exact) mass is 338 g/mol. The van der Waals surface area contributed by atoms with Crippen LogP contribution in [0, 0.1) is 0 Å². The predicted octanol–water partition coefficient (Wildman–Crippen LogP) is 6.00. The van der Waals surface area contributed by atoms with E-state index in [-0.39, 0.29) is 0 Å². The summed E-state index contributed by atoms with van der Waals surface area (Å²) >= 11 is 12.2. The lowest BCUT2D eigenvalue weighted by atomic mass is 10.1. The minimum absolute atomic E-state index is 0.692. The lowest BCUT2D eigenvalue weighted by Gasteiger charge is -2.02. The molecular formula is C19H12Cl2N2. The van der Waals surface area contributed by atoms with Crippen molar-refractivity contribution in [3.05, 3.63) is 82.8 Å². The van der Waals surface area contributed by atoms with Crippen molar-refractivity contribution in [1.29, 1.82) is 0 Å². The van der Waals surface area contributed by atoms with Crippen molar-refractivity contribution in [3.8, 4) is 16.9 Å². The van der Waals surface area contributed by atoms with Gasteiger partial charge in [-0.15, -0.1) is 0 Å². The maximum Gasteiger partial charge on any atom is 0.101 e. The van der Waals surface area contributed by atoms with Crippen molar-refractivity contribution in [2.24, 2.45) is 0 Å². The Morgan fingerprint density at radius 1 is 0.739 bits per heavy atom. The van der Waals surface area contributed by atoms with Gasteiger partial charge in [0.2, 0.25) is 0 Å². The summed E-state index contributed by atoms with van der Waals surface area (Å²) in [7, 11) is 0. The number of nitrogens with zero attached hydrogens (tertiary/aromatic N) is 2. The zero-order valence-corrected chi connectivity index (χ0v) is 13.6. The van der Waals surface area contributed by atoms with Crippen molar-refractivity contribution >= 4 is 34.1 Å². The molecule has 0 amide bonds. The molecule has 4 aromatic rings. The summed E-state index contributed by atoms with van der Waals surface area (Å²) in [6.45, 7) is 0. The quantitative estimate of drug-likeness (QED) is 0.438. The molecule has 2 nitrogen and oxygen atoms in total. The zero-order chi connectivity index (χ0) is 15.8. The molecule has 4 heteroatoms. The van der Waals surface area contributed by atoms with Crippen molar-refractivity contribution < 1.29 is 0 Å². The van der Waals surface area contributed by atoms with Gasteiger partial charge in [0.05, 0.1) is 11.2 Å². The molecule has 0 spiro atoms. The van der Waals surface area contributed by atoms with Crippen LogP contribution in [-0.4, -0.2) is 9.78 Å². The third-order valence-corrected chi connectivity index (χ3v) is 4.25. The van der Waals surface area contributed by atoms with Gasteiger partial charge in [-0.2, -0.15) is 5.10 Å². The molecule has 0 unspecified atom stereocenters. The molecule has 0 bridgehead atoms. The van der Waals surface area contributed by atoms with Crippen molar-refractivity contribution in [1.82, 2.24) is 9.78 Å². The molecule has 23 heavy (non-hydrogen) atoms. The Balaban J connectivity index is 2.01. The molecule has 0 radical (unpaired) electrons. The number of fused-ring (bicyclic) bond motifs is 1. The Morgan fingerprint density at radius 3 is 2.17 bits per heavy atom. The van der Waals surface area contributed by atoms with Gasteiger partial charge in [0.25, 0.3) is 0 Å². The van der Waals surface area contributed by atoms with Crippen LogP contribution in [0.4, 0.5) is 0 Å². The van der Waals surface area contributed by atoms with E-state index in [0.29, 0.717) is 10.0 Å². The molecule has 0 atom stereocenters. The molecule has 1 heterocycles. The molecule has 0 fully saturated rings. The second kappa shape index (κ2) is 5.73. The summed E-state index contributed by atoms with van der Waals surface area (Å²) in [4.78, 5) is 0.